The number of carbonyl (C=O) groups is 1. The third-order valence-corrected chi connectivity index (χ3v) is 4.61. The van der Waals surface area contributed by atoms with Crippen molar-refractivity contribution in [1.29, 1.82) is 0 Å². The van der Waals surface area contributed by atoms with Crippen molar-refractivity contribution in [2.24, 2.45) is 0 Å². The quantitative estimate of drug-likeness (QED) is 0.786. The van der Waals surface area contributed by atoms with Gasteiger partial charge in [0.25, 0.3) is 0 Å². The maximum absolute atomic E-state index is 12.6. The highest BCUT2D eigenvalue weighted by atomic mass is 32.2. The van der Waals surface area contributed by atoms with Crippen LogP contribution in [-0.2, 0) is 0 Å². The Labute approximate surface area is 117 Å². The number of pyridine rings is 1. The van der Waals surface area contributed by atoms with Gasteiger partial charge in [0, 0.05) is 35.2 Å². The molecule has 1 aromatic heterocycles. The number of aromatic nitrogens is 1. The van der Waals surface area contributed by atoms with Gasteiger partial charge in [-0.1, -0.05) is 18.2 Å². The number of likely N-dealkylation sites (N-methyl/N-ethyl adjacent to an activating group) is 1. The highest BCUT2D eigenvalue weighted by molar-refractivity contribution is 7.99. The van der Waals surface area contributed by atoms with Crippen molar-refractivity contribution in [2.75, 3.05) is 25.1 Å². The molecule has 0 spiro atoms. The fourth-order valence-corrected chi connectivity index (χ4v) is 3.59. The Bertz CT molecular complexity index is 614. The van der Waals surface area contributed by atoms with Crippen LogP contribution in [0.2, 0.25) is 0 Å². The first-order valence-corrected chi connectivity index (χ1v) is 7.58. The number of rotatable bonds is 2. The van der Waals surface area contributed by atoms with Crippen LogP contribution in [0.4, 0.5) is 0 Å². The zero-order valence-electron chi connectivity index (χ0n) is 10.9. The lowest BCUT2D eigenvalue weighted by molar-refractivity contribution is 0.0874. The summed E-state index contributed by atoms with van der Waals surface area (Å²) in [7, 11) is 2.03. The van der Waals surface area contributed by atoms with Crippen LogP contribution in [0, 0.1) is 0 Å². The van der Waals surface area contributed by atoms with Gasteiger partial charge in [0.1, 0.15) is 0 Å². The molecule has 3 rings (SSSR count). The summed E-state index contributed by atoms with van der Waals surface area (Å²) in [6, 6.07) is 9.73. The number of nitrogens with zero attached hydrogens (tertiary/aromatic N) is 2. The lowest BCUT2D eigenvalue weighted by Gasteiger charge is -2.30. The van der Waals surface area contributed by atoms with Gasteiger partial charge >= 0.3 is 0 Å². The number of Topliss-reactive ketones (excluding diaryl/α,β-unsaturated/α-hetero) is 1. The summed E-state index contributed by atoms with van der Waals surface area (Å²) >= 11 is 1.86. The van der Waals surface area contributed by atoms with Crippen molar-refractivity contribution in [3.8, 4) is 0 Å². The molecule has 0 N–H and O–H groups in total. The van der Waals surface area contributed by atoms with E-state index in [1.807, 2.05) is 49.1 Å². The van der Waals surface area contributed by atoms with Crippen LogP contribution in [0.1, 0.15) is 10.4 Å². The molecule has 98 valence electrons. The summed E-state index contributed by atoms with van der Waals surface area (Å²) in [5, 5.41) is 1.07. The summed E-state index contributed by atoms with van der Waals surface area (Å²) in [5.41, 5.74) is 1.66. The van der Waals surface area contributed by atoms with Gasteiger partial charge < -0.3 is 0 Å². The zero-order chi connectivity index (χ0) is 13.2. The Morgan fingerprint density at radius 1 is 1.42 bits per heavy atom. The van der Waals surface area contributed by atoms with Crippen molar-refractivity contribution < 1.29 is 4.79 Å². The Kier molecular flexibility index (Phi) is 3.53. The third-order valence-electron chi connectivity index (χ3n) is 3.59. The molecule has 2 aromatic rings. The molecule has 19 heavy (non-hydrogen) atoms. The number of hydrogen-bond donors (Lipinski definition) is 0. The van der Waals surface area contributed by atoms with Crippen molar-refractivity contribution in [3.63, 3.8) is 0 Å². The number of benzene rings is 1. The minimum atomic E-state index is -0.0000813. The summed E-state index contributed by atoms with van der Waals surface area (Å²) in [6.45, 7) is 0.979. The molecule has 1 fully saturated rings. The number of thioether (sulfide) groups is 1. The summed E-state index contributed by atoms with van der Waals surface area (Å²) < 4.78 is 0. The van der Waals surface area contributed by atoms with E-state index in [9.17, 15) is 4.79 Å². The molecular weight excluding hydrogens is 256 g/mol. The maximum atomic E-state index is 12.6. The van der Waals surface area contributed by atoms with Gasteiger partial charge in [-0.25, -0.2) is 0 Å². The Morgan fingerprint density at radius 3 is 3.16 bits per heavy atom. The Hall–Kier alpha value is -1.39. The van der Waals surface area contributed by atoms with Crippen LogP contribution in [0.15, 0.2) is 36.5 Å². The molecule has 4 heteroatoms. The second-order valence-electron chi connectivity index (χ2n) is 4.85. The number of fused-ring (bicyclic) bond motifs is 1. The van der Waals surface area contributed by atoms with Crippen LogP contribution in [0.5, 0.6) is 0 Å². The van der Waals surface area contributed by atoms with Crippen LogP contribution in [-0.4, -0.2) is 46.8 Å². The monoisotopic (exact) mass is 272 g/mol. The molecule has 1 unspecified atom stereocenters. The molecule has 1 atom stereocenters. The minimum Gasteiger partial charge on any atom is -0.295 e. The molecule has 0 aliphatic carbocycles. The van der Waals surface area contributed by atoms with Gasteiger partial charge in [-0.2, -0.15) is 11.8 Å². The van der Waals surface area contributed by atoms with E-state index >= 15 is 0 Å². The van der Waals surface area contributed by atoms with E-state index in [0.717, 1.165) is 34.5 Å². The first-order valence-electron chi connectivity index (χ1n) is 6.43. The van der Waals surface area contributed by atoms with Crippen LogP contribution >= 0.6 is 11.8 Å². The van der Waals surface area contributed by atoms with E-state index in [4.69, 9.17) is 0 Å². The molecule has 0 bridgehead atoms. The van der Waals surface area contributed by atoms with Gasteiger partial charge in [0.2, 0.25) is 0 Å². The van der Waals surface area contributed by atoms with Crippen molar-refractivity contribution in [3.05, 3.63) is 42.1 Å². The zero-order valence-corrected chi connectivity index (χ0v) is 11.7. The lowest BCUT2D eigenvalue weighted by Crippen LogP contribution is -2.44. The molecule has 3 nitrogen and oxygen atoms in total. The third kappa shape index (κ3) is 2.51. The maximum Gasteiger partial charge on any atom is 0.180 e. The number of hydrogen-bond acceptors (Lipinski definition) is 4. The molecule has 0 saturated carbocycles. The number of carbonyl (C=O) groups excluding carboxylic acids is 1. The fraction of sp³-hybridized carbons (Fsp3) is 0.333. The van der Waals surface area contributed by atoms with Gasteiger partial charge in [0.15, 0.2) is 5.78 Å². The average molecular weight is 272 g/mol. The van der Waals surface area contributed by atoms with E-state index in [0.29, 0.717) is 0 Å². The van der Waals surface area contributed by atoms with E-state index in [-0.39, 0.29) is 11.8 Å². The Morgan fingerprint density at radius 2 is 2.32 bits per heavy atom. The molecular formula is C15H16N2OS. The van der Waals surface area contributed by atoms with Gasteiger partial charge in [-0.05, 0) is 19.2 Å². The van der Waals surface area contributed by atoms with Crippen molar-refractivity contribution in [1.82, 2.24) is 9.88 Å². The first kappa shape index (κ1) is 12.6. The van der Waals surface area contributed by atoms with E-state index < -0.39 is 0 Å². The van der Waals surface area contributed by atoms with Crippen LogP contribution in [0.25, 0.3) is 10.9 Å². The standard InChI is InChI=1S/C15H16N2OS/c1-17-7-8-19-10-14(17)15(18)12-5-4-11-3-2-6-16-13(11)9-12/h2-6,9,14H,7-8,10H2,1H3. The molecule has 1 aliphatic heterocycles. The second-order valence-corrected chi connectivity index (χ2v) is 6.00. The normalized spacial score (nSPS) is 20.6. The molecule has 0 radical (unpaired) electrons. The first-order chi connectivity index (χ1) is 9.25. The smallest absolute Gasteiger partial charge is 0.180 e. The topological polar surface area (TPSA) is 33.2 Å². The van der Waals surface area contributed by atoms with E-state index in [1.54, 1.807) is 6.20 Å². The van der Waals surface area contributed by atoms with Gasteiger partial charge in [-0.3, -0.25) is 14.7 Å². The minimum absolute atomic E-state index is 0.0000813. The molecule has 2 heterocycles. The molecule has 1 aliphatic rings. The SMILES string of the molecule is CN1CCSCC1C(=O)c1ccc2cccnc2c1. The van der Waals surface area contributed by atoms with Crippen molar-refractivity contribution >= 4 is 28.4 Å². The highest BCUT2D eigenvalue weighted by Gasteiger charge is 2.27. The van der Waals surface area contributed by atoms with E-state index in [1.165, 1.54) is 0 Å². The van der Waals surface area contributed by atoms with Gasteiger partial charge in [0.05, 0.1) is 11.6 Å². The largest absolute Gasteiger partial charge is 0.295 e. The predicted octanol–water partition coefficient (Wildman–Crippen LogP) is 2.46. The van der Waals surface area contributed by atoms with Crippen LogP contribution < -0.4 is 0 Å². The molecule has 1 aromatic carbocycles. The second kappa shape index (κ2) is 5.31. The lowest BCUT2D eigenvalue weighted by atomic mass is 10.0. The van der Waals surface area contributed by atoms with Crippen molar-refractivity contribution in [2.45, 2.75) is 6.04 Å². The van der Waals surface area contributed by atoms with Crippen LogP contribution in [0.3, 0.4) is 0 Å². The summed E-state index contributed by atoms with van der Waals surface area (Å²) in [4.78, 5) is 19.0. The van der Waals surface area contributed by atoms with E-state index in [2.05, 4.69) is 9.88 Å². The fourth-order valence-electron chi connectivity index (χ4n) is 2.37. The Balaban J connectivity index is 1.92. The summed E-state index contributed by atoms with van der Waals surface area (Å²) in [5.74, 6) is 2.21. The molecule has 1 saturated heterocycles. The average Bonchev–Trinajstić information content (AvgIpc) is 2.46. The molecule has 0 amide bonds. The number of ketones is 1. The summed E-state index contributed by atoms with van der Waals surface area (Å²) in [6.07, 6.45) is 1.76. The van der Waals surface area contributed by atoms with Gasteiger partial charge in [-0.15, -0.1) is 0 Å². The highest BCUT2D eigenvalue weighted by Crippen LogP contribution is 2.20. The predicted molar refractivity (Wildman–Crippen MR) is 79.8 cm³/mol.